The number of aromatic nitrogens is 1. The second-order valence-corrected chi connectivity index (χ2v) is 4.80. The van der Waals surface area contributed by atoms with Gasteiger partial charge in [-0.2, -0.15) is 5.26 Å². The smallest absolute Gasteiger partial charge is 0.259 e. The van der Waals surface area contributed by atoms with Crippen LogP contribution in [0.1, 0.15) is 15.9 Å². The fourth-order valence-electron chi connectivity index (χ4n) is 1.63. The first-order valence-electron chi connectivity index (χ1n) is 5.62. The molecule has 4 nitrogen and oxygen atoms in total. The van der Waals surface area contributed by atoms with Crippen molar-refractivity contribution >= 4 is 34.8 Å². The lowest BCUT2D eigenvalue weighted by Crippen LogP contribution is -2.26. The fraction of sp³-hybridized carbons (Fsp3) is 0.0714. The van der Waals surface area contributed by atoms with Gasteiger partial charge in [-0.15, -0.1) is 0 Å². The van der Waals surface area contributed by atoms with E-state index in [0.29, 0.717) is 11.3 Å². The molecule has 0 aliphatic rings. The fourth-order valence-corrected chi connectivity index (χ4v) is 1.98. The van der Waals surface area contributed by atoms with Gasteiger partial charge in [-0.05, 0) is 30.3 Å². The third-order valence-corrected chi connectivity index (χ3v) is 3.25. The Bertz CT molecular complexity index is 693. The maximum Gasteiger partial charge on any atom is 0.259 e. The molecule has 0 aliphatic carbocycles. The van der Waals surface area contributed by atoms with Gasteiger partial charge in [0.15, 0.2) is 0 Å². The molecular formula is C14H9Cl2N3O. The van der Waals surface area contributed by atoms with Gasteiger partial charge in [-0.25, -0.2) is 4.98 Å². The van der Waals surface area contributed by atoms with E-state index in [2.05, 4.69) is 4.98 Å². The van der Waals surface area contributed by atoms with E-state index in [9.17, 15) is 4.79 Å². The molecule has 20 heavy (non-hydrogen) atoms. The first-order chi connectivity index (χ1) is 9.52. The number of halogens is 2. The largest absolute Gasteiger partial charge is 0.311 e. The van der Waals surface area contributed by atoms with Crippen LogP contribution < -0.4 is 4.90 Å². The van der Waals surface area contributed by atoms with E-state index in [4.69, 9.17) is 28.5 Å². The minimum Gasteiger partial charge on any atom is -0.311 e. The number of carbonyl (C=O) groups is 1. The van der Waals surface area contributed by atoms with Crippen LogP contribution in [0.15, 0.2) is 36.5 Å². The number of hydrogen-bond donors (Lipinski definition) is 0. The van der Waals surface area contributed by atoms with Gasteiger partial charge in [-0.3, -0.25) is 4.79 Å². The number of carbonyl (C=O) groups excluding carboxylic acids is 1. The summed E-state index contributed by atoms with van der Waals surface area (Å²) in [6, 6.07) is 10.1. The first-order valence-corrected chi connectivity index (χ1v) is 6.38. The van der Waals surface area contributed by atoms with Crippen molar-refractivity contribution in [2.45, 2.75) is 0 Å². The van der Waals surface area contributed by atoms with Crippen molar-refractivity contribution in [3.05, 3.63) is 57.8 Å². The van der Waals surface area contributed by atoms with Crippen molar-refractivity contribution in [3.8, 4) is 6.07 Å². The molecule has 0 saturated heterocycles. The van der Waals surface area contributed by atoms with E-state index in [1.54, 1.807) is 31.3 Å². The number of amides is 1. The van der Waals surface area contributed by atoms with Crippen molar-refractivity contribution in [1.82, 2.24) is 4.98 Å². The zero-order chi connectivity index (χ0) is 14.7. The molecule has 0 N–H and O–H groups in total. The highest BCUT2D eigenvalue weighted by Gasteiger charge is 2.17. The van der Waals surface area contributed by atoms with Gasteiger partial charge in [0.1, 0.15) is 5.15 Å². The van der Waals surface area contributed by atoms with E-state index >= 15 is 0 Å². The molecule has 0 aliphatic heterocycles. The number of nitrogens with zero attached hydrogens (tertiary/aromatic N) is 3. The summed E-state index contributed by atoms with van der Waals surface area (Å²) < 4.78 is 0. The zero-order valence-corrected chi connectivity index (χ0v) is 12.0. The highest BCUT2D eigenvalue weighted by atomic mass is 35.5. The summed E-state index contributed by atoms with van der Waals surface area (Å²) >= 11 is 11.7. The Hall–Kier alpha value is -2.09. The van der Waals surface area contributed by atoms with Crippen LogP contribution in [-0.4, -0.2) is 17.9 Å². The van der Waals surface area contributed by atoms with Crippen molar-refractivity contribution in [3.63, 3.8) is 0 Å². The van der Waals surface area contributed by atoms with E-state index in [0.717, 1.165) is 0 Å². The van der Waals surface area contributed by atoms with Gasteiger partial charge in [0.2, 0.25) is 0 Å². The Morgan fingerprint density at radius 3 is 2.55 bits per heavy atom. The molecule has 1 heterocycles. The summed E-state index contributed by atoms with van der Waals surface area (Å²) in [7, 11) is 1.62. The number of hydrogen-bond acceptors (Lipinski definition) is 3. The minimum absolute atomic E-state index is 0.200. The number of benzene rings is 1. The van der Waals surface area contributed by atoms with Crippen molar-refractivity contribution < 1.29 is 4.79 Å². The predicted molar refractivity (Wildman–Crippen MR) is 78.1 cm³/mol. The monoisotopic (exact) mass is 305 g/mol. The third-order valence-electron chi connectivity index (χ3n) is 2.74. The van der Waals surface area contributed by atoms with E-state index < -0.39 is 0 Å². The molecule has 0 fully saturated rings. The van der Waals surface area contributed by atoms with Crippen LogP contribution in [0.25, 0.3) is 0 Å². The van der Waals surface area contributed by atoms with Crippen molar-refractivity contribution in [2.75, 3.05) is 11.9 Å². The second kappa shape index (κ2) is 5.91. The molecule has 0 unspecified atom stereocenters. The van der Waals surface area contributed by atoms with Gasteiger partial charge in [-0.1, -0.05) is 23.2 Å². The summed E-state index contributed by atoms with van der Waals surface area (Å²) in [5, 5.41) is 9.19. The third kappa shape index (κ3) is 2.90. The Balaban J connectivity index is 2.32. The van der Waals surface area contributed by atoms with Gasteiger partial charge < -0.3 is 4.90 Å². The summed E-state index contributed by atoms with van der Waals surface area (Å²) in [5.41, 5.74) is 1.45. The number of nitriles is 1. The predicted octanol–water partition coefficient (Wildman–Crippen LogP) is 3.54. The van der Waals surface area contributed by atoms with Crippen LogP contribution in [0.5, 0.6) is 0 Å². The zero-order valence-electron chi connectivity index (χ0n) is 10.5. The van der Waals surface area contributed by atoms with E-state index in [1.807, 2.05) is 6.07 Å². The average molecular weight is 306 g/mol. The Morgan fingerprint density at radius 1 is 1.30 bits per heavy atom. The molecule has 1 aromatic heterocycles. The molecule has 6 heteroatoms. The second-order valence-electron chi connectivity index (χ2n) is 4.01. The molecule has 0 spiro atoms. The maximum atomic E-state index is 12.4. The Kier molecular flexibility index (Phi) is 4.23. The number of pyridine rings is 1. The highest BCUT2D eigenvalue weighted by Crippen LogP contribution is 2.22. The van der Waals surface area contributed by atoms with Crippen LogP contribution in [0, 0.1) is 11.3 Å². The number of rotatable bonds is 2. The maximum absolute atomic E-state index is 12.4. The van der Waals surface area contributed by atoms with Crippen LogP contribution in [0.3, 0.4) is 0 Å². The highest BCUT2D eigenvalue weighted by molar-refractivity contribution is 6.35. The summed E-state index contributed by atoms with van der Waals surface area (Å²) in [6.45, 7) is 0. The summed E-state index contributed by atoms with van der Waals surface area (Å²) in [4.78, 5) is 17.6. The van der Waals surface area contributed by atoms with Crippen molar-refractivity contribution in [2.24, 2.45) is 0 Å². The SMILES string of the molecule is CN(C(=O)c1cc(Cl)ncc1Cl)c1ccc(C#N)cc1. The molecule has 1 aromatic carbocycles. The van der Waals surface area contributed by atoms with Gasteiger partial charge in [0.05, 0.1) is 22.2 Å². The first kappa shape index (κ1) is 14.3. The molecule has 2 aromatic rings. The molecule has 100 valence electrons. The quantitative estimate of drug-likeness (QED) is 0.797. The molecule has 0 atom stereocenters. The Morgan fingerprint density at radius 2 is 1.95 bits per heavy atom. The molecular weight excluding hydrogens is 297 g/mol. The minimum atomic E-state index is -0.302. The lowest BCUT2D eigenvalue weighted by Gasteiger charge is -2.18. The normalized spacial score (nSPS) is 9.90. The van der Waals surface area contributed by atoms with Gasteiger partial charge >= 0.3 is 0 Å². The molecule has 2 rings (SSSR count). The van der Waals surface area contributed by atoms with Gasteiger partial charge in [0.25, 0.3) is 5.91 Å². The Labute approximate surface area is 126 Å². The van der Waals surface area contributed by atoms with E-state index in [-0.39, 0.29) is 21.6 Å². The van der Waals surface area contributed by atoms with Crippen LogP contribution >= 0.6 is 23.2 Å². The molecule has 0 saturated carbocycles. The summed E-state index contributed by atoms with van der Waals surface area (Å²) in [5.74, 6) is -0.302. The average Bonchev–Trinajstić information content (AvgIpc) is 2.48. The standard InChI is InChI=1S/C14H9Cl2N3O/c1-19(10-4-2-9(7-17)3-5-10)14(20)11-6-13(16)18-8-12(11)15/h2-6,8H,1H3. The molecule has 0 radical (unpaired) electrons. The lowest BCUT2D eigenvalue weighted by atomic mass is 10.2. The van der Waals surface area contributed by atoms with E-state index in [1.165, 1.54) is 17.2 Å². The lowest BCUT2D eigenvalue weighted by molar-refractivity contribution is 0.0993. The van der Waals surface area contributed by atoms with Gasteiger partial charge in [0, 0.05) is 18.9 Å². The molecule has 0 bridgehead atoms. The van der Waals surface area contributed by atoms with Crippen LogP contribution in [-0.2, 0) is 0 Å². The van der Waals surface area contributed by atoms with Crippen LogP contribution in [0.2, 0.25) is 10.2 Å². The topological polar surface area (TPSA) is 57.0 Å². The summed E-state index contributed by atoms with van der Waals surface area (Å²) in [6.07, 6.45) is 1.34. The van der Waals surface area contributed by atoms with Crippen molar-refractivity contribution in [1.29, 1.82) is 5.26 Å². The number of anilines is 1. The van der Waals surface area contributed by atoms with Crippen LogP contribution in [0.4, 0.5) is 5.69 Å². The molecule has 1 amide bonds.